The van der Waals surface area contributed by atoms with Gasteiger partial charge < -0.3 is 9.64 Å². The molecule has 1 saturated heterocycles. The summed E-state index contributed by atoms with van der Waals surface area (Å²) in [5.74, 6) is 2.04. The molecule has 0 radical (unpaired) electrons. The molecule has 1 aliphatic carbocycles. The fourth-order valence-electron chi connectivity index (χ4n) is 3.47. The Kier molecular flexibility index (Phi) is 4.09. The fraction of sp³-hybridized carbons (Fsp3) is 0.400. The number of ketones is 1. The second-order valence-electron chi connectivity index (χ2n) is 7.13. The summed E-state index contributed by atoms with van der Waals surface area (Å²) in [6.07, 6.45) is 4.22. The molecule has 0 amide bonds. The monoisotopic (exact) mass is 363 g/mol. The van der Waals surface area contributed by atoms with E-state index in [2.05, 4.69) is 26.0 Å². The summed E-state index contributed by atoms with van der Waals surface area (Å²) in [4.78, 5) is 23.5. The number of rotatable bonds is 5. The third-order valence-corrected chi connectivity index (χ3v) is 5.15. The summed E-state index contributed by atoms with van der Waals surface area (Å²) >= 11 is 0. The Bertz CT molecular complexity index is 972. The van der Waals surface area contributed by atoms with Crippen LogP contribution in [0.2, 0.25) is 0 Å². The van der Waals surface area contributed by atoms with E-state index in [1.165, 1.54) is 0 Å². The number of morpholine rings is 1. The third-order valence-electron chi connectivity index (χ3n) is 5.15. The number of pyridine rings is 2. The van der Waals surface area contributed by atoms with E-state index in [1.54, 1.807) is 4.52 Å². The van der Waals surface area contributed by atoms with Gasteiger partial charge in [-0.05, 0) is 37.1 Å². The molecule has 3 aromatic rings. The van der Waals surface area contributed by atoms with Crippen molar-refractivity contribution in [1.82, 2.24) is 19.6 Å². The summed E-state index contributed by atoms with van der Waals surface area (Å²) in [6, 6.07) is 9.97. The highest BCUT2D eigenvalue weighted by Crippen LogP contribution is 2.30. The first kappa shape index (κ1) is 16.4. The van der Waals surface area contributed by atoms with Gasteiger partial charge in [-0.25, -0.2) is 14.5 Å². The van der Waals surface area contributed by atoms with Crippen molar-refractivity contribution in [2.75, 3.05) is 31.2 Å². The van der Waals surface area contributed by atoms with Gasteiger partial charge in [0, 0.05) is 30.8 Å². The Morgan fingerprint density at radius 1 is 1.15 bits per heavy atom. The quantitative estimate of drug-likeness (QED) is 0.692. The van der Waals surface area contributed by atoms with Gasteiger partial charge in [0.05, 0.1) is 25.3 Å². The lowest BCUT2D eigenvalue weighted by Gasteiger charge is -2.27. The molecule has 0 unspecified atom stereocenters. The molecular formula is C20H21N5O2. The van der Waals surface area contributed by atoms with E-state index in [4.69, 9.17) is 4.74 Å². The fourth-order valence-corrected chi connectivity index (χ4v) is 3.47. The number of hydrogen-bond acceptors (Lipinski definition) is 6. The molecule has 3 aromatic heterocycles. The van der Waals surface area contributed by atoms with Crippen LogP contribution in [0.3, 0.4) is 0 Å². The highest BCUT2D eigenvalue weighted by Gasteiger charge is 2.30. The molecule has 0 aromatic carbocycles. The second-order valence-corrected chi connectivity index (χ2v) is 7.13. The van der Waals surface area contributed by atoms with E-state index in [1.807, 2.05) is 30.5 Å². The van der Waals surface area contributed by atoms with Gasteiger partial charge in [-0.1, -0.05) is 6.07 Å². The number of ether oxygens (including phenoxy) is 1. The number of hydrogen-bond donors (Lipinski definition) is 0. The lowest BCUT2D eigenvalue weighted by molar-refractivity contribution is -0.119. The minimum atomic E-state index is 0.230. The van der Waals surface area contributed by atoms with Crippen LogP contribution < -0.4 is 4.90 Å². The maximum atomic E-state index is 12.1. The van der Waals surface area contributed by atoms with Gasteiger partial charge in [-0.3, -0.25) is 4.79 Å². The van der Waals surface area contributed by atoms with Crippen molar-refractivity contribution in [2.45, 2.75) is 19.3 Å². The molecule has 1 aliphatic heterocycles. The second kappa shape index (κ2) is 6.74. The molecule has 5 rings (SSSR count). The lowest BCUT2D eigenvalue weighted by Crippen LogP contribution is -2.36. The largest absolute Gasteiger partial charge is 0.378 e. The summed E-state index contributed by atoms with van der Waals surface area (Å²) in [7, 11) is 0. The van der Waals surface area contributed by atoms with Crippen LogP contribution in [-0.2, 0) is 16.0 Å². The lowest BCUT2D eigenvalue weighted by atomic mass is 10.2. The van der Waals surface area contributed by atoms with Gasteiger partial charge in [0.15, 0.2) is 11.5 Å². The van der Waals surface area contributed by atoms with Crippen LogP contribution in [0.4, 0.5) is 5.82 Å². The Hall–Kier alpha value is -2.80. The average molecular weight is 363 g/mol. The topological polar surface area (TPSA) is 72.6 Å². The Labute approximate surface area is 157 Å². The molecule has 7 heteroatoms. The van der Waals surface area contributed by atoms with Crippen LogP contribution in [-0.4, -0.2) is 51.7 Å². The van der Waals surface area contributed by atoms with Gasteiger partial charge >= 0.3 is 0 Å². The van der Waals surface area contributed by atoms with E-state index in [0.29, 0.717) is 12.2 Å². The number of anilines is 1. The standard InChI is InChI=1S/C20H21N5O2/c26-17(14-4-5-14)12-18-22-20-3-1-2-16(25(20)23-18)15-6-7-19(21-13-15)24-8-10-27-11-9-24/h1-3,6-7,13-14H,4-5,8-12H2. The maximum absolute atomic E-state index is 12.1. The zero-order valence-corrected chi connectivity index (χ0v) is 15.0. The molecule has 4 heterocycles. The Morgan fingerprint density at radius 3 is 2.74 bits per heavy atom. The van der Waals surface area contributed by atoms with Crippen molar-refractivity contribution in [3.63, 3.8) is 0 Å². The Morgan fingerprint density at radius 2 is 2.00 bits per heavy atom. The molecule has 0 spiro atoms. The van der Waals surface area contributed by atoms with E-state index in [-0.39, 0.29) is 11.7 Å². The third kappa shape index (κ3) is 3.30. The predicted molar refractivity (Wildman–Crippen MR) is 101 cm³/mol. The van der Waals surface area contributed by atoms with Gasteiger partial charge in [-0.2, -0.15) is 5.10 Å². The molecule has 2 fully saturated rings. The molecule has 1 saturated carbocycles. The van der Waals surface area contributed by atoms with E-state index in [9.17, 15) is 4.79 Å². The Balaban J connectivity index is 1.43. The molecule has 138 valence electrons. The first-order valence-corrected chi connectivity index (χ1v) is 9.44. The normalized spacial score (nSPS) is 17.4. The van der Waals surface area contributed by atoms with Crippen LogP contribution in [0.15, 0.2) is 36.5 Å². The summed E-state index contributed by atoms with van der Waals surface area (Å²) in [6.45, 7) is 3.21. The summed E-state index contributed by atoms with van der Waals surface area (Å²) < 4.78 is 7.21. The molecule has 27 heavy (non-hydrogen) atoms. The molecule has 0 bridgehead atoms. The van der Waals surface area contributed by atoms with E-state index in [0.717, 1.165) is 61.9 Å². The molecule has 0 atom stereocenters. The number of nitrogens with zero attached hydrogens (tertiary/aromatic N) is 5. The first-order chi connectivity index (χ1) is 13.3. The van der Waals surface area contributed by atoms with Crippen molar-refractivity contribution in [3.8, 4) is 11.3 Å². The van der Waals surface area contributed by atoms with Gasteiger partial charge in [0.25, 0.3) is 0 Å². The molecule has 2 aliphatic rings. The zero-order chi connectivity index (χ0) is 18.2. The summed E-state index contributed by atoms with van der Waals surface area (Å²) in [5, 5.41) is 4.58. The number of carbonyl (C=O) groups excluding carboxylic acids is 1. The minimum Gasteiger partial charge on any atom is -0.378 e. The molecule has 0 N–H and O–H groups in total. The van der Waals surface area contributed by atoms with Crippen molar-refractivity contribution in [3.05, 3.63) is 42.4 Å². The van der Waals surface area contributed by atoms with Crippen LogP contribution >= 0.6 is 0 Å². The highest BCUT2D eigenvalue weighted by atomic mass is 16.5. The van der Waals surface area contributed by atoms with E-state index >= 15 is 0 Å². The van der Waals surface area contributed by atoms with Gasteiger partial charge in [0.1, 0.15) is 11.6 Å². The van der Waals surface area contributed by atoms with Crippen molar-refractivity contribution in [2.24, 2.45) is 5.92 Å². The SMILES string of the molecule is O=C(Cc1nc2cccc(-c3ccc(N4CCOCC4)nc3)n2n1)C1CC1. The smallest absolute Gasteiger partial charge is 0.159 e. The molecule has 7 nitrogen and oxygen atoms in total. The van der Waals surface area contributed by atoms with Crippen molar-refractivity contribution in [1.29, 1.82) is 0 Å². The molecular weight excluding hydrogens is 342 g/mol. The number of fused-ring (bicyclic) bond motifs is 1. The van der Waals surface area contributed by atoms with Crippen LogP contribution in [0.5, 0.6) is 0 Å². The van der Waals surface area contributed by atoms with Crippen molar-refractivity contribution >= 4 is 17.2 Å². The van der Waals surface area contributed by atoms with Crippen LogP contribution in [0.1, 0.15) is 18.7 Å². The maximum Gasteiger partial charge on any atom is 0.159 e. The van der Waals surface area contributed by atoms with Crippen LogP contribution in [0.25, 0.3) is 16.9 Å². The van der Waals surface area contributed by atoms with Gasteiger partial charge in [-0.15, -0.1) is 0 Å². The predicted octanol–water partition coefficient (Wildman–Crippen LogP) is 2.15. The van der Waals surface area contributed by atoms with Gasteiger partial charge in [0.2, 0.25) is 0 Å². The zero-order valence-electron chi connectivity index (χ0n) is 15.0. The van der Waals surface area contributed by atoms with E-state index < -0.39 is 0 Å². The van der Waals surface area contributed by atoms with Crippen LogP contribution in [0, 0.1) is 5.92 Å². The number of Topliss-reactive ketones (excluding diaryl/α,β-unsaturated/α-hetero) is 1. The first-order valence-electron chi connectivity index (χ1n) is 9.44. The minimum absolute atomic E-state index is 0.230. The average Bonchev–Trinajstić information content (AvgIpc) is 3.49. The van der Waals surface area contributed by atoms with Crippen molar-refractivity contribution < 1.29 is 9.53 Å². The highest BCUT2D eigenvalue weighted by molar-refractivity contribution is 5.84. The number of aromatic nitrogens is 4. The summed E-state index contributed by atoms with van der Waals surface area (Å²) in [5.41, 5.74) is 2.65. The number of carbonyl (C=O) groups is 1.